The fourth-order valence-corrected chi connectivity index (χ4v) is 7.86. The van der Waals surface area contributed by atoms with E-state index in [-0.39, 0.29) is 5.41 Å². The lowest BCUT2D eigenvalue weighted by Crippen LogP contribution is -2.33. The van der Waals surface area contributed by atoms with E-state index >= 15 is 0 Å². The lowest BCUT2D eigenvalue weighted by Gasteiger charge is -2.36. The molecule has 1 N–H and O–H groups in total. The minimum Gasteiger partial charge on any atom is -0.457 e. The molecule has 0 saturated carbocycles. The summed E-state index contributed by atoms with van der Waals surface area (Å²) in [5, 5.41) is 3.66. The highest BCUT2D eigenvalue weighted by Gasteiger charge is 2.35. The highest BCUT2D eigenvalue weighted by atomic mass is 16.5. The van der Waals surface area contributed by atoms with Gasteiger partial charge in [0.2, 0.25) is 0 Å². The lowest BCUT2D eigenvalue weighted by atomic mass is 9.62. The van der Waals surface area contributed by atoms with Crippen molar-refractivity contribution in [1.82, 2.24) is 0 Å². The zero-order valence-corrected chi connectivity index (χ0v) is 32.4. The number of para-hydroxylation sites is 5. The number of fused-ring (bicyclic) bond motifs is 2. The molecule has 1 aliphatic rings. The molecule has 57 heavy (non-hydrogen) atoms. The highest BCUT2D eigenvalue weighted by Crippen LogP contribution is 2.50. The zero-order valence-electron chi connectivity index (χ0n) is 32.4. The Balaban J connectivity index is 1.22. The number of rotatable bonds is 10. The molecule has 0 spiro atoms. The van der Waals surface area contributed by atoms with Gasteiger partial charge in [0.15, 0.2) is 7.28 Å². The van der Waals surface area contributed by atoms with Gasteiger partial charge in [-0.1, -0.05) is 140 Å². The minimum absolute atomic E-state index is 0.261. The van der Waals surface area contributed by atoms with Crippen LogP contribution in [0.1, 0.15) is 30.5 Å². The zero-order chi connectivity index (χ0) is 38.8. The second-order valence-corrected chi connectivity index (χ2v) is 15.0. The number of hydrogen-bond acceptors (Lipinski definition) is 4. The number of anilines is 8. The highest BCUT2D eigenvalue weighted by molar-refractivity contribution is 6.70. The Labute approximate surface area is 336 Å². The molecule has 1 heterocycles. The Kier molecular flexibility index (Phi) is 9.57. The van der Waals surface area contributed by atoms with Gasteiger partial charge < -0.3 is 19.9 Å². The summed E-state index contributed by atoms with van der Waals surface area (Å²) in [6.45, 7) is 6.71. The lowest BCUT2D eigenvalue weighted by molar-refractivity contribution is 0.418. The molecule has 8 aromatic rings. The van der Waals surface area contributed by atoms with Crippen molar-refractivity contribution in [1.29, 1.82) is 0 Å². The molecule has 0 bridgehead atoms. The third kappa shape index (κ3) is 7.16. The molecule has 275 valence electrons. The van der Waals surface area contributed by atoms with E-state index in [0.29, 0.717) is 0 Å². The van der Waals surface area contributed by atoms with Gasteiger partial charge in [-0.3, -0.25) is 0 Å². The van der Waals surface area contributed by atoms with Crippen molar-refractivity contribution in [3.05, 3.63) is 217 Å². The summed E-state index contributed by atoms with van der Waals surface area (Å²) in [6.07, 6.45) is 0. The Bertz CT molecular complexity index is 2640. The average molecular weight is 737 g/mol. The Morgan fingerprint density at radius 2 is 1.00 bits per heavy atom. The number of aryl methyl sites for hydroxylation is 1. The van der Waals surface area contributed by atoms with Gasteiger partial charge in [-0.2, -0.15) is 0 Å². The van der Waals surface area contributed by atoms with Crippen LogP contribution < -0.4 is 30.8 Å². The van der Waals surface area contributed by atoms with Crippen LogP contribution in [0.5, 0.6) is 11.5 Å². The van der Waals surface area contributed by atoms with Crippen LogP contribution in [0.25, 0.3) is 0 Å². The van der Waals surface area contributed by atoms with Gasteiger partial charge >= 0.3 is 0 Å². The number of nitrogens with one attached hydrogen (secondary N) is 1. The summed E-state index contributed by atoms with van der Waals surface area (Å²) >= 11 is 0. The van der Waals surface area contributed by atoms with Gasteiger partial charge in [-0.05, 0) is 97.9 Å². The first-order chi connectivity index (χ1) is 27.9. The van der Waals surface area contributed by atoms with Crippen molar-refractivity contribution < 1.29 is 4.74 Å². The predicted octanol–water partition coefficient (Wildman–Crippen LogP) is 12.8. The quantitative estimate of drug-likeness (QED) is 0.142. The topological polar surface area (TPSA) is 27.7 Å². The summed E-state index contributed by atoms with van der Waals surface area (Å²) in [5.74, 6) is 1.80. The molecule has 8 aromatic carbocycles. The summed E-state index contributed by atoms with van der Waals surface area (Å²) in [7, 11) is 2.29. The maximum Gasteiger partial charge on any atom is 0.197 e. The standard InChI is InChI=1S/C52H43BN3O/c1-37-27-29-41(30-28-37)56(40-21-11-6-12-22-40)49-36-43(31-33-47(49)53-46-24-14-15-25-48(46)54-38-17-7-4-8-18-38)55(39-19-9-5-10-20-39)42-32-34-51-45(35-42)52(2,3)44-23-13-16-26-50(44)57-51/h4-36,54H,1-3H3. The third-order valence-electron chi connectivity index (χ3n) is 10.8. The van der Waals surface area contributed by atoms with Crippen molar-refractivity contribution in [2.24, 2.45) is 0 Å². The summed E-state index contributed by atoms with van der Waals surface area (Å²) in [4.78, 5) is 4.72. The molecule has 0 saturated heterocycles. The molecule has 0 aromatic heterocycles. The molecule has 0 atom stereocenters. The van der Waals surface area contributed by atoms with Gasteiger partial charge in [-0.15, -0.1) is 0 Å². The van der Waals surface area contributed by atoms with Crippen molar-refractivity contribution in [2.75, 3.05) is 15.1 Å². The van der Waals surface area contributed by atoms with E-state index in [1.54, 1.807) is 0 Å². The third-order valence-corrected chi connectivity index (χ3v) is 10.8. The van der Waals surface area contributed by atoms with E-state index in [2.05, 4.69) is 231 Å². The van der Waals surface area contributed by atoms with Crippen LogP contribution in [0, 0.1) is 6.92 Å². The van der Waals surface area contributed by atoms with Gasteiger partial charge in [0.05, 0.1) is 0 Å². The smallest absolute Gasteiger partial charge is 0.197 e. The van der Waals surface area contributed by atoms with Crippen LogP contribution in [-0.2, 0) is 5.41 Å². The number of hydrogen-bond donors (Lipinski definition) is 1. The maximum atomic E-state index is 6.50. The van der Waals surface area contributed by atoms with E-state index in [0.717, 1.165) is 73.5 Å². The SMILES string of the molecule is Cc1ccc(N(c2ccccc2)c2cc(N(c3ccccc3)c3ccc4c(c3)C(C)(C)c3ccccc3O4)ccc2[B]c2ccccc2Nc2ccccc2)cc1. The molecule has 0 aliphatic carbocycles. The summed E-state index contributed by atoms with van der Waals surface area (Å²) in [6, 6.07) is 70.7. The summed E-state index contributed by atoms with van der Waals surface area (Å²) < 4.78 is 6.50. The van der Waals surface area contributed by atoms with Crippen LogP contribution >= 0.6 is 0 Å². The number of benzene rings is 8. The van der Waals surface area contributed by atoms with Gasteiger partial charge in [0.1, 0.15) is 11.5 Å². The van der Waals surface area contributed by atoms with Gasteiger partial charge in [-0.25, -0.2) is 0 Å². The van der Waals surface area contributed by atoms with E-state index < -0.39 is 0 Å². The molecule has 0 fully saturated rings. The number of ether oxygens (including phenoxy) is 1. The first kappa shape index (κ1) is 35.7. The van der Waals surface area contributed by atoms with E-state index in [1.807, 2.05) is 12.1 Å². The largest absolute Gasteiger partial charge is 0.457 e. The first-order valence-corrected chi connectivity index (χ1v) is 19.5. The molecule has 5 heteroatoms. The van der Waals surface area contributed by atoms with Crippen LogP contribution in [0.2, 0.25) is 0 Å². The predicted molar refractivity (Wildman–Crippen MR) is 240 cm³/mol. The van der Waals surface area contributed by atoms with E-state index in [9.17, 15) is 0 Å². The number of nitrogens with zero attached hydrogens (tertiary/aromatic N) is 2. The van der Waals surface area contributed by atoms with Crippen LogP contribution in [0.15, 0.2) is 200 Å². The van der Waals surface area contributed by atoms with Crippen molar-refractivity contribution >= 4 is 63.7 Å². The van der Waals surface area contributed by atoms with E-state index in [4.69, 9.17) is 4.74 Å². The molecular formula is C52H43BN3O. The van der Waals surface area contributed by atoms with Gasteiger partial charge in [0.25, 0.3) is 0 Å². The van der Waals surface area contributed by atoms with Crippen molar-refractivity contribution in [3.8, 4) is 11.5 Å². The van der Waals surface area contributed by atoms with Gasteiger partial charge in [0, 0.05) is 62.0 Å². The fourth-order valence-electron chi connectivity index (χ4n) is 7.86. The minimum atomic E-state index is -0.261. The monoisotopic (exact) mass is 736 g/mol. The maximum absolute atomic E-state index is 6.50. The molecule has 9 rings (SSSR count). The van der Waals surface area contributed by atoms with Crippen molar-refractivity contribution in [3.63, 3.8) is 0 Å². The normalized spacial score (nSPS) is 12.4. The van der Waals surface area contributed by atoms with E-state index in [1.165, 1.54) is 11.1 Å². The second-order valence-electron chi connectivity index (χ2n) is 15.0. The molecule has 0 unspecified atom stereocenters. The molecule has 4 nitrogen and oxygen atoms in total. The van der Waals surface area contributed by atoms with Crippen LogP contribution in [0.4, 0.5) is 45.5 Å². The Morgan fingerprint density at radius 1 is 0.456 bits per heavy atom. The summed E-state index contributed by atoms with van der Waals surface area (Å²) in [5.41, 5.74) is 13.9. The Hall–Kier alpha value is -6.98. The Morgan fingerprint density at radius 3 is 1.74 bits per heavy atom. The van der Waals surface area contributed by atoms with Crippen LogP contribution in [0.3, 0.4) is 0 Å². The fraction of sp³-hybridized carbons (Fsp3) is 0.0769. The molecule has 0 amide bonds. The van der Waals surface area contributed by atoms with Crippen molar-refractivity contribution in [2.45, 2.75) is 26.2 Å². The molecular weight excluding hydrogens is 693 g/mol. The second kappa shape index (κ2) is 15.3. The average Bonchev–Trinajstić information content (AvgIpc) is 3.25. The molecule has 1 aliphatic heterocycles. The van der Waals surface area contributed by atoms with Crippen LogP contribution in [-0.4, -0.2) is 7.28 Å². The molecule has 1 radical (unpaired) electrons. The first-order valence-electron chi connectivity index (χ1n) is 19.5.